The summed E-state index contributed by atoms with van der Waals surface area (Å²) in [5, 5.41) is 9.66. The molecule has 1 aliphatic heterocycles. The van der Waals surface area contributed by atoms with Crippen LogP contribution in [0.15, 0.2) is 34.5 Å². The minimum absolute atomic E-state index is 0.0419. The highest BCUT2D eigenvalue weighted by molar-refractivity contribution is 8.07. The average Bonchev–Trinajstić information content (AvgIpc) is 3.49. The number of alkyl halides is 2. The van der Waals surface area contributed by atoms with Gasteiger partial charge >= 0.3 is 20.7 Å². The number of aromatic amines is 1. The minimum Gasteiger partial charge on any atom is -0.394 e. The lowest BCUT2D eigenvalue weighted by atomic mass is 10.1. The Hall–Kier alpha value is -2.68. The summed E-state index contributed by atoms with van der Waals surface area (Å²) in [6.45, 7) is -6.10. The van der Waals surface area contributed by atoms with Crippen LogP contribution in [0.3, 0.4) is 0 Å². The van der Waals surface area contributed by atoms with Crippen molar-refractivity contribution in [2.75, 3.05) is 26.1 Å². The van der Waals surface area contributed by atoms with E-state index in [0.29, 0.717) is 4.57 Å². The molecule has 1 aliphatic rings. The summed E-state index contributed by atoms with van der Waals surface area (Å²) in [6, 6.07) is 0.940. The highest BCUT2D eigenvalue weighted by Gasteiger charge is 2.49. The monoisotopic (exact) mass is 658 g/mol. The molecule has 0 radical (unpaired) electrons. The number of nitrogen functional groups attached to an aromatic ring is 1. The summed E-state index contributed by atoms with van der Waals surface area (Å²) < 4.78 is 70.0. The molecule has 0 spiro atoms. The zero-order valence-electron chi connectivity index (χ0n) is 21.2. The van der Waals surface area contributed by atoms with Gasteiger partial charge < -0.3 is 29.7 Å². The number of H-pyrrole nitrogens is 1. The molecule has 0 amide bonds. The normalized spacial score (nSPS) is 24.8. The number of imidazole rings is 1. The summed E-state index contributed by atoms with van der Waals surface area (Å²) >= 11 is 4.94. The molecule has 3 aromatic rings. The summed E-state index contributed by atoms with van der Waals surface area (Å²) in [6.07, 6.45) is -9.81. The fraction of sp³-hybridized carbons (Fsp3) is 0.526. The van der Waals surface area contributed by atoms with E-state index in [1.165, 1.54) is 0 Å². The Morgan fingerprint density at radius 3 is 2.74 bits per heavy atom. The summed E-state index contributed by atoms with van der Waals surface area (Å²) in [5.74, 6) is -0.0538. The Bertz CT molecular complexity index is 1600. The first-order valence-electron chi connectivity index (χ1n) is 11.7. The number of aromatic nitrogens is 6. The zero-order valence-corrected chi connectivity index (χ0v) is 23.9. The predicted molar refractivity (Wildman–Crippen MR) is 140 cm³/mol. The van der Waals surface area contributed by atoms with Crippen LogP contribution in [-0.4, -0.2) is 94.9 Å². The molecule has 0 aliphatic carbocycles. The maximum Gasteiger partial charge on any atom is 0.697 e. The van der Waals surface area contributed by atoms with Crippen LogP contribution in [0.5, 0.6) is 0 Å². The molecule has 42 heavy (non-hydrogen) atoms. The van der Waals surface area contributed by atoms with Crippen LogP contribution in [-0.2, 0) is 39.4 Å². The van der Waals surface area contributed by atoms with Crippen LogP contribution in [0.2, 0.25) is 0 Å². The van der Waals surface area contributed by atoms with Crippen molar-refractivity contribution in [2.24, 2.45) is 0 Å². The first kappa shape index (κ1) is 32.2. The van der Waals surface area contributed by atoms with Crippen molar-refractivity contribution in [1.29, 1.82) is 0 Å². The van der Waals surface area contributed by atoms with Gasteiger partial charge in [0, 0.05) is 23.9 Å². The first-order chi connectivity index (χ1) is 19.9. The number of fused-ring (bicyclic) bond motifs is 1. The van der Waals surface area contributed by atoms with Crippen LogP contribution in [0.25, 0.3) is 11.2 Å². The van der Waals surface area contributed by atoms with E-state index in [2.05, 4.69) is 15.0 Å². The second-order valence-corrected chi connectivity index (χ2v) is 12.1. The third-order valence-corrected chi connectivity index (χ3v) is 7.97. The molecule has 9 atom stereocenters. The van der Waals surface area contributed by atoms with Crippen molar-refractivity contribution in [1.82, 2.24) is 29.1 Å². The standard InChI is InChI=1S/C19H23F2N7O11P2S/c1-35-9(11(20)18(38-40(32)33)28-7-25-13-15(22)23-6-24-16(13)28)5-36-41(34,42)39-14-8(4-29)37-17(12(14)21)27-3-2-10(30)26-19(27)31/h2-3,6-9,11-12,14,17-18,29H,4-5H2,1H3,(H4-,22,23,24,26,30,31,32,33,34,42)/p+1/t8-,9-,11-,12-,14-,17-,18-,41?/m1/s1. The lowest BCUT2D eigenvalue weighted by molar-refractivity contribution is -0.0703. The van der Waals surface area contributed by atoms with Gasteiger partial charge in [-0.3, -0.25) is 23.4 Å². The van der Waals surface area contributed by atoms with Crippen molar-refractivity contribution >= 4 is 43.8 Å². The minimum atomic E-state index is -4.43. The fourth-order valence-electron chi connectivity index (χ4n) is 4.06. The number of aliphatic hydroxyl groups excluding tert-OH is 1. The maximum absolute atomic E-state index is 15.7. The number of hydrogen-bond acceptors (Lipinski definition) is 14. The molecule has 0 aromatic carbocycles. The quantitative estimate of drug-likeness (QED) is 0.143. The number of hydrogen-bond donors (Lipinski definition) is 5. The summed E-state index contributed by atoms with van der Waals surface area (Å²) in [7, 11) is -2.31. The largest absolute Gasteiger partial charge is 0.697 e. The molecule has 6 N–H and O–H groups in total. The van der Waals surface area contributed by atoms with Gasteiger partial charge in [0.15, 0.2) is 30.0 Å². The van der Waals surface area contributed by atoms with Crippen LogP contribution >= 0.6 is 15.0 Å². The first-order valence-corrected chi connectivity index (χ1v) is 15.4. The van der Waals surface area contributed by atoms with Gasteiger partial charge in [-0.25, -0.2) is 28.5 Å². The van der Waals surface area contributed by atoms with E-state index in [-0.39, 0.29) is 17.0 Å². The Morgan fingerprint density at radius 2 is 2.10 bits per heavy atom. The number of nitrogens with one attached hydrogen (secondary N) is 1. The van der Waals surface area contributed by atoms with Gasteiger partial charge in [-0.2, -0.15) is 0 Å². The molecule has 3 aromatic heterocycles. The molecule has 2 unspecified atom stereocenters. The maximum atomic E-state index is 15.7. The van der Waals surface area contributed by atoms with Crippen molar-refractivity contribution in [3.8, 4) is 0 Å². The molecule has 4 heterocycles. The number of halogens is 2. The Kier molecular flexibility index (Phi) is 10.2. The molecule has 1 saturated heterocycles. The molecule has 23 heteroatoms. The summed E-state index contributed by atoms with van der Waals surface area (Å²) in [5.41, 5.74) is 3.99. The Balaban J connectivity index is 1.49. The van der Waals surface area contributed by atoms with Crippen LogP contribution in [0.1, 0.15) is 12.5 Å². The highest BCUT2D eigenvalue weighted by atomic mass is 32.5. The molecule has 0 saturated carbocycles. The topological polar surface area (TPSA) is 248 Å². The second kappa shape index (κ2) is 13.3. The van der Waals surface area contributed by atoms with Gasteiger partial charge in [-0.05, 0) is 11.8 Å². The number of anilines is 1. The SMILES string of the molecule is CO[C@H](COP(O)(=S)O[C@H]1[C@@H](F)[C@H](n2ccc(=O)[nH]c2=O)O[C@@H]1CO)[C@@H](F)[C@@H](O[P+](=O)O)n1cnc2c(N)ncnc21. The van der Waals surface area contributed by atoms with Gasteiger partial charge in [0.25, 0.3) is 5.56 Å². The lowest BCUT2D eigenvalue weighted by Gasteiger charge is -2.27. The summed E-state index contributed by atoms with van der Waals surface area (Å²) in [4.78, 5) is 57.0. The van der Waals surface area contributed by atoms with E-state index in [9.17, 15) is 29.0 Å². The Morgan fingerprint density at radius 1 is 1.36 bits per heavy atom. The number of rotatable bonds is 13. The van der Waals surface area contributed by atoms with Crippen LogP contribution in [0, 0.1) is 0 Å². The zero-order chi connectivity index (χ0) is 30.8. The third kappa shape index (κ3) is 6.92. The molecule has 1 fully saturated rings. The van der Waals surface area contributed by atoms with Crippen molar-refractivity contribution in [3.05, 3.63) is 45.8 Å². The number of nitrogens with zero attached hydrogens (tertiary/aromatic N) is 5. The van der Waals surface area contributed by atoms with E-state index in [1.54, 1.807) is 0 Å². The number of methoxy groups -OCH3 is 1. The van der Waals surface area contributed by atoms with Crippen molar-refractivity contribution in [2.45, 2.75) is 43.1 Å². The molecule has 0 bridgehead atoms. The number of nitrogens with two attached hydrogens (primary N) is 1. The second-order valence-electron chi connectivity index (χ2n) is 8.58. The molecular formula is C19H24F2N7O11P2S+. The van der Waals surface area contributed by atoms with Crippen molar-refractivity contribution < 1.29 is 51.3 Å². The molecule has 230 valence electrons. The molecular weight excluding hydrogens is 634 g/mol. The van der Waals surface area contributed by atoms with E-state index in [1.807, 2.05) is 4.98 Å². The lowest BCUT2D eigenvalue weighted by Crippen LogP contribution is -2.38. The Labute approximate surface area is 239 Å². The molecule has 4 rings (SSSR count). The van der Waals surface area contributed by atoms with E-state index < -0.39 is 82.5 Å². The average molecular weight is 658 g/mol. The molecule has 18 nitrogen and oxygen atoms in total. The van der Waals surface area contributed by atoms with Crippen LogP contribution < -0.4 is 17.0 Å². The van der Waals surface area contributed by atoms with Gasteiger partial charge in [-0.1, -0.05) is 4.52 Å². The number of aliphatic hydroxyl groups is 1. The van der Waals surface area contributed by atoms with Crippen LogP contribution in [0.4, 0.5) is 14.6 Å². The highest BCUT2D eigenvalue weighted by Crippen LogP contribution is 2.49. The predicted octanol–water partition coefficient (Wildman–Crippen LogP) is -0.677. The van der Waals surface area contributed by atoms with E-state index in [0.717, 1.165) is 36.6 Å². The van der Waals surface area contributed by atoms with Gasteiger partial charge in [-0.15, -0.1) is 4.89 Å². The van der Waals surface area contributed by atoms with E-state index in [4.69, 9.17) is 40.6 Å². The smallest absolute Gasteiger partial charge is 0.394 e. The van der Waals surface area contributed by atoms with Crippen molar-refractivity contribution in [3.63, 3.8) is 0 Å². The fourth-order valence-corrected chi connectivity index (χ4v) is 5.89. The van der Waals surface area contributed by atoms with Gasteiger partial charge in [0.1, 0.15) is 30.2 Å². The van der Waals surface area contributed by atoms with E-state index >= 15 is 8.78 Å². The third-order valence-electron chi connectivity index (χ3n) is 6.02. The van der Waals surface area contributed by atoms with Gasteiger partial charge in [0.2, 0.25) is 6.23 Å². The number of ether oxygens (including phenoxy) is 2. The van der Waals surface area contributed by atoms with Gasteiger partial charge in [0.05, 0.1) is 19.5 Å².